The molecule has 4 heteroatoms. The predicted octanol–water partition coefficient (Wildman–Crippen LogP) is 2.03. The summed E-state index contributed by atoms with van der Waals surface area (Å²) in [6.07, 6.45) is 1.38. The molecule has 1 amide bonds. The number of ether oxygens (including phenoxy) is 1. The van der Waals surface area contributed by atoms with Crippen molar-refractivity contribution in [1.29, 1.82) is 0 Å². The van der Waals surface area contributed by atoms with Gasteiger partial charge in [0.2, 0.25) is 0 Å². The van der Waals surface area contributed by atoms with Crippen LogP contribution in [0.15, 0.2) is 0 Å². The first-order valence-corrected chi connectivity index (χ1v) is 5.36. The molecule has 0 radical (unpaired) electrons. The summed E-state index contributed by atoms with van der Waals surface area (Å²) >= 11 is 0. The third-order valence-electron chi connectivity index (χ3n) is 1.67. The standard InChI is InChI=1S/C11H24N2O2/c1-10(2,3)15-9(14)13-8-6-7-11(4,5)12/h6-8,12H2,1-5H3,(H,13,14). The molecule has 0 bridgehead atoms. The summed E-state index contributed by atoms with van der Waals surface area (Å²) in [5.74, 6) is 0. The fourth-order valence-electron chi connectivity index (χ4n) is 1.05. The van der Waals surface area contributed by atoms with E-state index in [2.05, 4.69) is 5.32 Å². The van der Waals surface area contributed by atoms with Crippen LogP contribution >= 0.6 is 0 Å². The van der Waals surface area contributed by atoms with Crippen LogP contribution in [0.1, 0.15) is 47.5 Å². The van der Waals surface area contributed by atoms with Crippen LogP contribution in [0.25, 0.3) is 0 Å². The summed E-state index contributed by atoms with van der Waals surface area (Å²) in [7, 11) is 0. The van der Waals surface area contributed by atoms with Crippen LogP contribution in [0.3, 0.4) is 0 Å². The summed E-state index contributed by atoms with van der Waals surface area (Å²) < 4.78 is 5.09. The highest BCUT2D eigenvalue weighted by Gasteiger charge is 2.16. The molecule has 0 saturated carbocycles. The normalized spacial score (nSPS) is 12.4. The molecule has 0 heterocycles. The second-order valence-electron chi connectivity index (χ2n) is 5.52. The van der Waals surface area contributed by atoms with Gasteiger partial charge >= 0.3 is 6.09 Å². The van der Waals surface area contributed by atoms with E-state index in [1.54, 1.807) is 0 Å². The van der Waals surface area contributed by atoms with Crippen LogP contribution in [0, 0.1) is 0 Å². The summed E-state index contributed by atoms with van der Waals surface area (Å²) in [6, 6.07) is 0. The second kappa shape index (κ2) is 5.35. The van der Waals surface area contributed by atoms with Crippen LogP contribution in [-0.2, 0) is 4.74 Å². The zero-order valence-corrected chi connectivity index (χ0v) is 10.5. The Hall–Kier alpha value is -0.770. The highest BCUT2D eigenvalue weighted by Crippen LogP contribution is 2.07. The summed E-state index contributed by atoms with van der Waals surface area (Å²) in [5, 5.41) is 2.70. The molecule has 4 nitrogen and oxygen atoms in total. The molecule has 0 aromatic rings. The van der Waals surface area contributed by atoms with Crippen molar-refractivity contribution in [1.82, 2.24) is 5.32 Å². The fourth-order valence-corrected chi connectivity index (χ4v) is 1.05. The summed E-state index contributed by atoms with van der Waals surface area (Å²) in [4.78, 5) is 11.2. The van der Waals surface area contributed by atoms with Gasteiger partial charge in [-0.2, -0.15) is 0 Å². The Morgan fingerprint density at radius 3 is 2.20 bits per heavy atom. The number of amides is 1. The number of nitrogens with one attached hydrogen (secondary N) is 1. The minimum atomic E-state index is -0.433. The van der Waals surface area contributed by atoms with E-state index in [4.69, 9.17) is 10.5 Å². The van der Waals surface area contributed by atoms with Gasteiger partial charge in [0, 0.05) is 12.1 Å². The van der Waals surface area contributed by atoms with Gasteiger partial charge < -0.3 is 15.8 Å². The Morgan fingerprint density at radius 1 is 1.27 bits per heavy atom. The third-order valence-corrected chi connectivity index (χ3v) is 1.67. The van der Waals surface area contributed by atoms with Gasteiger partial charge in [-0.05, 0) is 47.5 Å². The van der Waals surface area contributed by atoms with Crippen molar-refractivity contribution in [3.8, 4) is 0 Å². The Kier molecular flexibility index (Phi) is 5.08. The van der Waals surface area contributed by atoms with Crippen molar-refractivity contribution < 1.29 is 9.53 Å². The van der Waals surface area contributed by atoms with Gasteiger partial charge in [-0.15, -0.1) is 0 Å². The molecule has 3 N–H and O–H groups in total. The number of nitrogens with two attached hydrogens (primary N) is 1. The van der Waals surface area contributed by atoms with Crippen molar-refractivity contribution in [3.05, 3.63) is 0 Å². The minimum Gasteiger partial charge on any atom is -0.444 e. The second-order valence-corrected chi connectivity index (χ2v) is 5.52. The lowest BCUT2D eigenvalue weighted by Gasteiger charge is -2.21. The van der Waals surface area contributed by atoms with E-state index in [0.717, 1.165) is 12.8 Å². The molecule has 0 saturated heterocycles. The smallest absolute Gasteiger partial charge is 0.407 e. The molecule has 0 aromatic heterocycles. The molecule has 0 atom stereocenters. The van der Waals surface area contributed by atoms with Crippen LogP contribution < -0.4 is 11.1 Å². The molecule has 90 valence electrons. The van der Waals surface area contributed by atoms with Gasteiger partial charge in [0.1, 0.15) is 5.60 Å². The van der Waals surface area contributed by atoms with E-state index < -0.39 is 5.60 Å². The van der Waals surface area contributed by atoms with Gasteiger partial charge in [0.15, 0.2) is 0 Å². The Morgan fingerprint density at radius 2 is 1.80 bits per heavy atom. The maximum atomic E-state index is 11.2. The van der Waals surface area contributed by atoms with E-state index in [0.29, 0.717) is 6.54 Å². The van der Waals surface area contributed by atoms with Crippen molar-refractivity contribution in [3.63, 3.8) is 0 Å². The lowest BCUT2D eigenvalue weighted by molar-refractivity contribution is 0.0526. The molecule has 15 heavy (non-hydrogen) atoms. The van der Waals surface area contributed by atoms with Crippen LogP contribution in [-0.4, -0.2) is 23.8 Å². The Labute approximate surface area is 92.6 Å². The predicted molar refractivity (Wildman–Crippen MR) is 61.7 cm³/mol. The first kappa shape index (κ1) is 14.2. The highest BCUT2D eigenvalue weighted by molar-refractivity contribution is 5.67. The van der Waals surface area contributed by atoms with Crippen molar-refractivity contribution >= 4 is 6.09 Å². The van der Waals surface area contributed by atoms with Crippen LogP contribution in [0.5, 0.6) is 0 Å². The first-order chi connectivity index (χ1) is 6.60. The zero-order chi connectivity index (χ0) is 12.1. The minimum absolute atomic E-state index is 0.171. The summed E-state index contributed by atoms with van der Waals surface area (Å²) in [5.41, 5.74) is 5.21. The Balaban J connectivity index is 3.57. The van der Waals surface area contributed by atoms with Gasteiger partial charge in [-0.3, -0.25) is 0 Å². The first-order valence-electron chi connectivity index (χ1n) is 5.36. The quantitative estimate of drug-likeness (QED) is 0.707. The molecule has 0 aliphatic carbocycles. The van der Waals surface area contributed by atoms with Crippen LogP contribution in [0.2, 0.25) is 0 Å². The molecular formula is C11H24N2O2. The molecular weight excluding hydrogens is 192 g/mol. The van der Waals surface area contributed by atoms with E-state index in [1.165, 1.54) is 0 Å². The number of hydrogen-bond acceptors (Lipinski definition) is 3. The average Bonchev–Trinajstić information content (AvgIpc) is 1.92. The zero-order valence-electron chi connectivity index (χ0n) is 10.5. The highest BCUT2D eigenvalue weighted by atomic mass is 16.6. The number of rotatable bonds is 4. The molecule has 0 unspecified atom stereocenters. The van der Waals surface area contributed by atoms with Gasteiger partial charge in [0.25, 0.3) is 0 Å². The monoisotopic (exact) mass is 216 g/mol. The van der Waals surface area contributed by atoms with Gasteiger partial charge in [-0.1, -0.05) is 0 Å². The number of hydrogen-bond donors (Lipinski definition) is 2. The maximum Gasteiger partial charge on any atom is 0.407 e. The molecule has 0 spiro atoms. The molecule has 0 aliphatic rings. The van der Waals surface area contributed by atoms with Crippen molar-refractivity contribution in [2.24, 2.45) is 5.73 Å². The maximum absolute atomic E-state index is 11.2. The van der Waals surface area contributed by atoms with Crippen molar-refractivity contribution in [2.75, 3.05) is 6.54 Å². The summed E-state index contributed by atoms with van der Waals surface area (Å²) in [6.45, 7) is 10.1. The SMILES string of the molecule is CC(C)(N)CCCNC(=O)OC(C)(C)C. The topological polar surface area (TPSA) is 64.3 Å². The largest absolute Gasteiger partial charge is 0.444 e. The number of alkyl carbamates (subject to hydrolysis) is 1. The van der Waals surface area contributed by atoms with Crippen LogP contribution in [0.4, 0.5) is 4.79 Å². The molecule has 0 aliphatic heterocycles. The lowest BCUT2D eigenvalue weighted by atomic mass is 10.0. The van der Waals surface area contributed by atoms with Gasteiger partial charge in [0.05, 0.1) is 0 Å². The Bertz CT molecular complexity index is 202. The van der Waals surface area contributed by atoms with E-state index in [-0.39, 0.29) is 11.6 Å². The number of carbonyl (C=O) groups is 1. The fraction of sp³-hybridized carbons (Fsp3) is 0.909. The van der Waals surface area contributed by atoms with Gasteiger partial charge in [-0.25, -0.2) is 4.79 Å². The average molecular weight is 216 g/mol. The van der Waals surface area contributed by atoms with Crippen molar-refractivity contribution in [2.45, 2.75) is 58.6 Å². The van der Waals surface area contributed by atoms with E-state index >= 15 is 0 Å². The van der Waals surface area contributed by atoms with E-state index in [9.17, 15) is 4.79 Å². The number of carbonyl (C=O) groups excluding carboxylic acids is 1. The third kappa shape index (κ3) is 11.2. The molecule has 0 rings (SSSR count). The molecule has 0 aromatic carbocycles. The lowest BCUT2D eigenvalue weighted by Crippen LogP contribution is -2.35. The molecule has 0 fully saturated rings. The van der Waals surface area contributed by atoms with E-state index in [1.807, 2.05) is 34.6 Å².